The van der Waals surface area contributed by atoms with Gasteiger partial charge in [-0.15, -0.1) is 12.4 Å². The van der Waals surface area contributed by atoms with E-state index in [-0.39, 0.29) is 12.4 Å². The molecule has 0 radical (unpaired) electrons. The van der Waals surface area contributed by atoms with Crippen molar-refractivity contribution >= 4 is 12.4 Å². The topological polar surface area (TPSA) is 52.0 Å². The molecule has 1 heterocycles. The van der Waals surface area contributed by atoms with Crippen molar-refractivity contribution in [3.05, 3.63) is 17.5 Å². The van der Waals surface area contributed by atoms with Crippen LogP contribution < -0.4 is 5.73 Å². The van der Waals surface area contributed by atoms with E-state index >= 15 is 0 Å². The lowest BCUT2D eigenvalue weighted by Gasteiger charge is -1.91. The molecule has 2 N–H and O–H groups in total. The monoisotopic (exact) mass is 174 g/mol. The zero-order valence-electron chi connectivity index (χ0n) is 6.12. The molecule has 0 spiro atoms. The SMILES string of the molecule is Cl.NCc1cnoc1C1CC1. The highest BCUT2D eigenvalue weighted by molar-refractivity contribution is 5.85. The van der Waals surface area contributed by atoms with E-state index in [0.717, 1.165) is 11.3 Å². The molecule has 0 aromatic carbocycles. The lowest BCUT2D eigenvalue weighted by atomic mass is 10.2. The minimum absolute atomic E-state index is 0. The highest BCUT2D eigenvalue weighted by Crippen LogP contribution is 2.41. The summed E-state index contributed by atoms with van der Waals surface area (Å²) in [5.41, 5.74) is 6.53. The molecular weight excluding hydrogens is 164 g/mol. The van der Waals surface area contributed by atoms with Gasteiger partial charge in [0.1, 0.15) is 5.76 Å². The van der Waals surface area contributed by atoms with E-state index in [1.54, 1.807) is 6.20 Å². The van der Waals surface area contributed by atoms with Gasteiger partial charge in [0, 0.05) is 18.0 Å². The molecule has 0 saturated heterocycles. The van der Waals surface area contributed by atoms with Crippen molar-refractivity contribution < 1.29 is 4.52 Å². The van der Waals surface area contributed by atoms with Crippen molar-refractivity contribution in [3.63, 3.8) is 0 Å². The highest BCUT2D eigenvalue weighted by atomic mass is 35.5. The summed E-state index contributed by atoms with van der Waals surface area (Å²) in [7, 11) is 0. The first-order chi connectivity index (χ1) is 4.92. The number of halogens is 1. The molecule has 2 rings (SSSR count). The van der Waals surface area contributed by atoms with Crippen LogP contribution >= 0.6 is 12.4 Å². The van der Waals surface area contributed by atoms with Crippen LogP contribution in [0.1, 0.15) is 30.1 Å². The van der Waals surface area contributed by atoms with Gasteiger partial charge < -0.3 is 10.3 Å². The van der Waals surface area contributed by atoms with Gasteiger partial charge in [0.05, 0.1) is 6.20 Å². The molecule has 62 valence electrons. The second kappa shape index (κ2) is 3.24. The van der Waals surface area contributed by atoms with Gasteiger partial charge in [-0.3, -0.25) is 0 Å². The Morgan fingerprint density at radius 3 is 2.91 bits per heavy atom. The summed E-state index contributed by atoms with van der Waals surface area (Å²) in [6.45, 7) is 0.551. The van der Waals surface area contributed by atoms with Gasteiger partial charge in [-0.1, -0.05) is 5.16 Å². The number of hydrogen-bond acceptors (Lipinski definition) is 3. The Labute approximate surface area is 71.3 Å². The average molecular weight is 175 g/mol. The maximum absolute atomic E-state index is 5.46. The number of nitrogens with two attached hydrogens (primary N) is 1. The minimum atomic E-state index is 0. The second-order valence-corrected chi connectivity index (χ2v) is 2.69. The molecule has 0 amide bonds. The standard InChI is InChI=1S/C7H10N2O.ClH/c8-3-6-4-9-10-7(6)5-1-2-5;/h4-5H,1-3,8H2;1H. The lowest BCUT2D eigenvalue weighted by molar-refractivity contribution is 0.383. The van der Waals surface area contributed by atoms with Crippen molar-refractivity contribution in [3.8, 4) is 0 Å². The summed E-state index contributed by atoms with van der Waals surface area (Å²) < 4.78 is 5.05. The third-order valence-corrected chi connectivity index (χ3v) is 1.84. The van der Waals surface area contributed by atoms with Crippen molar-refractivity contribution in [2.75, 3.05) is 0 Å². The molecule has 0 atom stereocenters. The Morgan fingerprint density at radius 1 is 1.64 bits per heavy atom. The summed E-state index contributed by atoms with van der Waals surface area (Å²) in [5.74, 6) is 1.64. The Kier molecular flexibility index (Phi) is 2.52. The first kappa shape index (κ1) is 8.56. The molecule has 3 nitrogen and oxygen atoms in total. The van der Waals surface area contributed by atoms with E-state index in [0.29, 0.717) is 12.5 Å². The Morgan fingerprint density at radius 2 is 2.36 bits per heavy atom. The summed E-state index contributed by atoms with van der Waals surface area (Å²) in [6, 6.07) is 0. The van der Waals surface area contributed by atoms with E-state index in [4.69, 9.17) is 10.3 Å². The number of hydrogen-bond donors (Lipinski definition) is 1. The van der Waals surface area contributed by atoms with Gasteiger partial charge in [0.2, 0.25) is 0 Å². The number of nitrogens with zero attached hydrogens (tertiary/aromatic N) is 1. The van der Waals surface area contributed by atoms with Crippen molar-refractivity contribution in [2.45, 2.75) is 25.3 Å². The van der Waals surface area contributed by atoms with Crippen LogP contribution in [0.25, 0.3) is 0 Å². The molecule has 0 bridgehead atoms. The van der Waals surface area contributed by atoms with Crippen LogP contribution in [0.2, 0.25) is 0 Å². The molecule has 1 aliphatic carbocycles. The van der Waals surface area contributed by atoms with Crippen LogP contribution in [0.4, 0.5) is 0 Å². The van der Waals surface area contributed by atoms with Gasteiger partial charge in [0.15, 0.2) is 0 Å². The zero-order valence-corrected chi connectivity index (χ0v) is 6.93. The van der Waals surface area contributed by atoms with Crippen LogP contribution in [0.3, 0.4) is 0 Å². The molecule has 0 aliphatic heterocycles. The quantitative estimate of drug-likeness (QED) is 0.738. The van der Waals surface area contributed by atoms with Crippen molar-refractivity contribution in [1.29, 1.82) is 0 Å². The fourth-order valence-corrected chi connectivity index (χ4v) is 1.10. The second-order valence-electron chi connectivity index (χ2n) is 2.69. The maximum Gasteiger partial charge on any atom is 0.144 e. The molecule has 1 fully saturated rings. The molecule has 1 aliphatic rings. The van der Waals surface area contributed by atoms with Gasteiger partial charge in [-0.25, -0.2) is 0 Å². The molecule has 4 heteroatoms. The van der Waals surface area contributed by atoms with Gasteiger partial charge in [-0.05, 0) is 12.8 Å². The van der Waals surface area contributed by atoms with Crippen molar-refractivity contribution in [2.24, 2.45) is 5.73 Å². The Bertz CT molecular complexity index is 232. The summed E-state index contributed by atoms with van der Waals surface area (Å²) in [5, 5.41) is 3.70. The van der Waals surface area contributed by atoms with Gasteiger partial charge >= 0.3 is 0 Å². The van der Waals surface area contributed by atoms with E-state index < -0.39 is 0 Å². The number of rotatable bonds is 2. The fraction of sp³-hybridized carbons (Fsp3) is 0.571. The van der Waals surface area contributed by atoms with E-state index in [2.05, 4.69) is 5.16 Å². The third kappa shape index (κ3) is 1.54. The third-order valence-electron chi connectivity index (χ3n) is 1.84. The molecule has 1 saturated carbocycles. The lowest BCUT2D eigenvalue weighted by Crippen LogP contribution is -1.96. The minimum Gasteiger partial charge on any atom is -0.361 e. The van der Waals surface area contributed by atoms with E-state index in [1.165, 1.54) is 12.8 Å². The first-order valence-corrected chi connectivity index (χ1v) is 3.55. The van der Waals surface area contributed by atoms with Gasteiger partial charge in [-0.2, -0.15) is 0 Å². The largest absolute Gasteiger partial charge is 0.361 e. The molecule has 1 aromatic heterocycles. The summed E-state index contributed by atoms with van der Waals surface area (Å²) in [6.07, 6.45) is 4.19. The molecular formula is C7H11ClN2O. The maximum atomic E-state index is 5.46. The van der Waals surface area contributed by atoms with Crippen molar-refractivity contribution in [1.82, 2.24) is 5.16 Å². The van der Waals surface area contributed by atoms with E-state index in [9.17, 15) is 0 Å². The predicted molar refractivity (Wildman–Crippen MR) is 43.6 cm³/mol. The van der Waals surface area contributed by atoms with E-state index in [1.807, 2.05) is 0 Å². The predicted octanol–water partition coefficient (Wildman–Crippen LogP) is 1.43. The Hall–Kier alpha value is -0.540. The van der Waals surface area contributed by atoms with Crippen LogP contribution in [-0.2, 0) is 6.54 Å². The molecule has 0 unspecified atom stereocenters. The zero-order chi connectivity index (χ0) is 6.97. The van der Waals surface area contributed by atoms with Crippen LogP contribution in [0, 0.1) is 0 Å². The fourth-order valence-electron chi connectivity index (χ4n) is 1.10. The molecule has 11 heavy (non-hydrogen) atoms. The average Bonchev–Trinajstić information content (AvgIpc) is 2.69. The summed E-state index contributed by atoms with van der Waals surface area (Å²) in [4.78, 5) is 0. The number of aromatic nitrogens is 1. The van der Waals surface area contributed by atoms with Crippen LogP contribution in [0.5, 0.6) is 0 Å². The Balaban J connectivity index is 0.000000605. The van der Waals surface area contributed by atoms with Gasteiger partial charge in [0.25, 0.3) is 0 Å². The highest BCUT2D eigenvalue weighted by Gasteiger charge is 2.29. The molecule has 1 aromatic rings. The summed E-state index contributed by atoms with van der Waals surface area (Å²) >= 11 is 0. The van der Waals surface area contributed by atoms with Crippen LogP contribution in [-0.4, -0.2) is 5.16 Å². The first-order valence-electron chi connectivity index (χ1n) is 3.55. The normalized spacial score (nSPS) is 16.1. The smallest absolute Gasteiger partial charge is 0.144 e. The van der Waals surface area contributed by atoms with Crippen LogP contribution in [0.15, 0.2) is 10.7 Å².